The van der Waals surface area contributed by atoms with Crippen LogP contribution in [0.15, 0.2) is 53.4 Å². The number of nitrogens with two attached hydrogens (primary N) is 1. The van der Waals surface area contributed by atoms with E-state index in [0.29, 0.717) is 32.2 Å². The van der Waals surface area contributed by atoms with Gasteiger partial charge < -0.3 is 15.5 Å². The second-order valence-corrected chi connectivity index (χ2v) is 13.9. The molecule has 7 nitrogen and oxygen atoms in total. The van der Waals surface area contributed by atoms with Gasteiger partial charge in [0, 0.05) is 30.2 Å². The normalized spacial score (nSPS) is 24.2. The fourth-order valence-electron chi connectivity index (χ4n) is 6.67. The van der Waals surface area contributed by atoms with Gasteiger partial charge in [-0.2, -0.15) is 13.2 Å². The Labute approximate surface area is 246 Å². The van der Waals surface area contributed by atoms with Crippen LogP contribution in [0.3, 0.4) is 0 Å². The molecule has 2 amide bonds. The number of carbonyl (C=O) groups excluding carboxylic acids is 2. The number of hydrogen-bond acceptors (Lipinski definition) is 5. The molecule has 1 aliphatic heterocycles. The minimum absolute atomic E-state index is 0.0996. The molecule has 1 heterocycles. The van der Waals surface area contributed by atoms with Crippen LogP contribution >= 0.6 is 0 Å². The van der Waals surface area contributed by atoms with Crippen LogP contribution in [-0.2, 0) is 20.8 Å². The first-order valence-electron chi connectivity index (χ1n) is 14.5. The summed E-state index contributed by atoms with van der Waals surface area (Å²) in [6, 6.07) is 11.3. The van der Waals surface area contributed by atoms with E-state index in [4.69, 9.17) is 5.73 Å². The van der Waals surface area contributed by atoms with Gasteiger partial charge in [0.25, 0.3) is 0 Å². The van der Waals surface area contributed by atoms with E-state index in [1.807, 2.05) is 7.05 Å². The predicted molar refractivity (Wildman–Crippen MR) is 155 cm³/mol. The molecule has 0 radical (unpaired) electrons. The number of likely N-dealkylation sites (tertiary alicyclic amines) is 1. The minimum atomic E-state index is -4.79. The first-order valence-corrected chi connectivity index (χ1v) is 16.2. The zero-order valence-electron chi connectivity index (χ0n) is 24.3. The van der Waals surface area contributed by atoms with E-state index in [0.717, 1.165) is 18.6 Å². The molecule has 2 aromatic carbocycles. The Morgan fingerprint density at radius 1 is 1.05 bits per heavy atom. The summed E-state index contributed by atoms with van der Waals surface area (Å²) in [5.74, 6) is -3.34. The van der Waals surface area contributed by atoms with Gasteiger partial charge in [0.15, 0.2) is 9.84 Å². The van der Waals surface area contributed by atoms with Gasteiger partial charge in [-0.15, -0.1) is 0 Å². The molecule has 1 saturated carbocycles. The fourth-order valence-corrected chi connectivity index (χ4v) is 8.36. The monoisotopic (exact) mass is 607 g/mol. The first-order chi connectivity index (χ1) is 19.7. The van der Waals surface area contributed by atoms with Crippen molar-refractivity contribution in [1.82, 2.24) is 9.80 Å². The largest absolute Gasteiger partial charge is 0.416 e. The van der Waals surface area contributed by atoms with Gasteiger partial charge in [0.1, 0.15) is 0 Å². The molecular weight excluding hydrogens is 567 g/mol. The molecule has 2 aliphatic rings. The second kappa shape index (κ2) is 12.8. The lowest BCUT2D eigenvalue weighted by atomic mass is 9.79. The third-order valence-corrected chi connectivity index (χ3v) is 10.8. The van der Waals surface area contributed by atoms with Crippen LogP contribution in [0.25, 0.3) is 0 Å². The molecule has 230 valence electrons. The molecule has 1 aliphatic carbocycles. The predicted octanol–water partition coefficient (Wildman–Crippen LogP) is 5.25. The Balaban J connectivity index is 1.74. The van der Waals surface area contributed by atoms with Crippen molar-refractivity contribution in [3.8, 4) is 0 Å². The van der Waals surface area contributed by atoms with Crippen LogP contribution < -0.4 is 5.73 Å². The molecular formula is C31H40F3N3O4S. The fraction of sp³-hybridized carbons (Fsp3) is 0.548. The summed E-state index contributed by atoms with van der Waals surface area (Å²) in [6.07, 6.45) is -1.82. The van der Waals surface area contributed by atoms with Crippen LogP contribution in [0.4, 0.5) is 13.2 Å². The molecule has 2 N–H and O–H groups in total. The van der Waals surface area contributed by atoms with Crippen molar-refractivity contribution >= 4 is 21.7 Å². The average Bonchev–Trinajstić information content (AvgIpc) is 3.13. The standard InChI is InChI=1S/C31H40F3N3O4S/c1-20(2)36(3)22-15-16-27(21(18-22)19-42(40,41)23-10-5-4-6-11-23)37-17-8-7-12-25(30(37)39)28-24(29(35)38)13-9-14-26(28)31(32,33)34/h4-6,9-11,13-14,20-22,25,27H,7-8,12,15-19H2,1-3H3,(H2,35,38)/t21-,22+,25-,27-/m0/s1. The molecule has 1 saturated heterocycles. The Kier molecular flexibility index (Phi) is 9.72. The topological polar surface area (TPSA) is 101 Å². The van der Waals surface area contributed by atoms with E-state index in [1.165, 1.54) is 6.07 Å². The Bertz CT molecular complexity index is 1380. The lowest BCUT2D eigenvalue weighted by molar-refractivity contribution is -0.140. The number of nitrogens with zero attached hydrogens (tertiary/aromatic N) is 2. The number of halogens is 3. The smallest absolute Gasteiger partial charge is 0.366 e. The van der Waals surface area contributed by atoms with Crippen molar-refractivity contribution < 1.29 is 31.2 Å². The van der Waals surface area contributed by atoms with Gasteiger partial charge in [-0.1, -0.05) is 30.7 Å². The van der Waals surface area contributed by atoms with E-state index in [9.17, 15) is 31.2 Å². The van der Waals surface area contributed by atoms with Crippen molar-refractivity contribution in [1.29, 1.82) is 0 Å². The average molecular weight is 608 g/mol. The summed E-state index contributed by atoms with van der Waals surface area (Å²) in [5.41, 5.74) is 3.78. The molecule has 4 atom stereocenters. The van der Waals surface area contributed by atoms with Crippen molar-refractivity contribution in [2.45, 2.75) is 87.5 Å². The summed E-state index contributed by atoms with van der Waals surface area (Å²) in [7, 11) is -1.70. The highest BCUT2D eigenvalue weighted by Crippen LogP contribution is 2.42. The molecule has 4 rings (SSSR count). The van der Waals surface area contributed by atoms with Crippen LogP contribution in [0.5, 0.6) is 0 Å². The second-order valence-electron chi connectivity index (χ2n) is 11.9. The zero-order valence-corrected chi connectivity index (χ0v) is 25.1. The van der Waals surface area contributed by atoms with Gasteiger partial charge in [-0.05, 0) is 88.7 Å². The molecule has 42 heavy (non-hydrogen) atoms. The van der Waals surface area contributed by atoms with E-state index in [1.54, 1.807) is 35.2 Å². The highest BCUT2D eigenvalue weighted by molar-refractivity contribution is 7.91. The molecule has 0 bridgehead atoms. The Morgan fingerprint density at radius 3 is 2.36 bits per heavy atom. The Hall–Kier alpha value is -2.92. The van der Waals surface area contributed by atoms with Gasteiger partial charge in [0.2, 0.25) is 11.8 Å². The third-order valence-electron chi connectivity index (χ3n) is 8.99. The van der Waals surface area contributed by atoms with Crippen LogP contribution in [0.2, 0.25) is 0 Å². The van der Waals surface area contributed by atoms with E-state index >= 15 is 0 Å². The SMILES string of the molecule is CC(C)N(C)[C@@H]1CC[C@H](N2CCCC[C@@H](c3c(C(N)=O)cccc3C(F)(F)F)C2=O)[C@H](CS(=O)(=O)c2ccccc2)C1. The van der Waals surface area contributed by atoms with Crippen molar-refractivity contribution in [2.24, 2.45) is 11.7 Å². The Morgan fingerprint density at radius 2 is 1.74 bits per heavy atom. The number of hydrogen-bond donors (Lipinski definition) is 1. The van der Waals surface area contributed by atoms with Crippen molar-refractivity contribution in [2.75, 3.05) is 19.3 Å². The lowest BCUT2D eigenvalue weighted by Gasteiger charge is -2.46. The molecule has 0 aromatic heterocycles. The molecule has 2 fully saturated rings. The van der Waals surface area contributed by atoms with Crippen molar-refractivity contribution in [3.63, 3.8) is 0 Å². The first kappa shape index (κ1) is 32.0. The molecule has 2 aromatic rings. The zero-order chi connectivity index (χ0) is 30.8. The minimum Gasteiger partial charge on any atom is -0.366 e. The maximum Gasteiger partial charge on any atom is 0.416 e. The number of sulfone groups is 1. The number of alkyl halides is 3. The maximum absolute atomic E-state index is 14.3. The van der Waals surface area contributed by atoms with E-state index < -0.39 is 51.3 Å². The van der Waals surface area contributed by atoms with Crippen LogP contribution in [0, 0.1) is 5.92 Å². The number of rotatable bonds is 8. The molecule has 0 spiro atoms. The number of benzene rings is 2. The summed E-state index contributed by atoms with van der Waals surface area (Å²) < 4.78 is 69.6. The lowest BCUT2D eigenvalue weighted by Crippen LogP contribution is -2.53. The van der Waals surface area contributed by atoms with Gasteiger partial charge in [0.05, 0.1) is 22.1 Å². The number of carbonyl (C=O) groups is 2. The number of primary amides is 1. The third kappa shape index (κ3) is 6.83. The number of amides is 2. The van der Waals surface area contributed by atoms with E-state index in [-0.39, 0.29) is 40.3 Å². The summed E-state index contributed by atoms with van der Waals surface area (Å²) in [4.78, 5) is 30.6. The van der Waals surface area contributed by atoms with Crippen LogP contribution in [0.1, 0.15) is 79.8 Å². The van der Waals surface area contributed by atoms with E-state index in [2.05, 4.69) is 18.7 Å². The summed E-state index contributed by atoms with van der Waals surface area (Å²) in [5, 5.41) is 0. The molecule has 0 unspecified atom stereocenters. The van der Waals surface area contributed by atoms with Crippen LogP contribution in [-0.4, -0.2) is 67.5 Å². The highest BCUT2D eigenvalue weighted by atomic mass is 32.2. The summed E-state index contributed by atoms with van der Waals surface area (Å²) in [6.45, 7) is 4.45. The maximum atomic E-state index is 14.3. The quantitative estimate of drug-likeness (QED) is 0.442. The van der Waals surface area contributed by atoms with Crippen molar-refractivity contribution in [3.05, 3.63) is 65.2 Å². The van der Waals surface area contributed by atoms with Gasteiger partial charge in [-0.25, -0.2) is 8.42 Å². The highest BCUT2D eigenvalue weighted by Gasteiger charge is 2.45. The summed E-state index contributed by atoms with van der Waals surface area (Å²) >= 11 is 0. The van der Waals surface area contributed by atoms with Gasteiger partial charge in [-0.3, -0.25) is 9.59 Å². The molecule has 11 heteroatoms. The van der Waals surface area contributed by atoms with Gasteiger partial charge >= 0.3 is 6.18 Å².